The minimum Gasteiger partial charge on any atom is -0.342 e. The molecule has 4 aromatic heterocycles. The SMILES string of the molecule is CC(NC(=O)c1ncnc2scnc12)c1ncc(C(=O)Nc2cc(C(C)(C)C)ncn2)s1. The van der Waals surface area contributed by atoms with Crippen molar-refractivity contribution in [2.45, 2.75) is 39.2 Å². The number of aromatic nitrogens is 6. The Kier molecular flexibility index (Phi) is 5.89. The summed E-state index contributed by atoms with van der Waals surface area (Å²) < 4.78 is 0. The second-order valence-corrected chi connectivity index (χ2v) is 9.87. The number of nitrogens with one attached hydrogen (secondary N) is 2. The number of carbonyl (C=O) groups is 2. The molecule has 0 aliphatic heterocycles. The average Bonchev–Trinajstić information content (AvgIpc) is 3.43. The van der Waals surface area contributed by atoms with Crippen molar-refractivity contribution in [1.29, 1.82) is 0 Å². The van der Waals surface area contributed by atoms with E-state index in [2.05, 4.69) is 40.5 Å². The van der Waals surface area contributed by atoms with Crippen LogP contribution in [-0.2, 0) is 5.41 Å². The second kappa shape index (κ2) is 8.63. The van der Waals surface area contributed by atoms with Crippen LogP contribution >= 0.6 is 22.7 Å². The van der Waals surface area contributed by atoms with Crippen molar-refractivity contribution in [3.63, 3.8) is 0 Å². The molecule has 2 N–H and O–H groups in total. The predicted molar refractivity (Wildman–Crippen MR) is 122 cm³/mol. The summed E-state index contributed by atoms with van der Waals surface area (Å²) in [5, 5.41) is 6.22. The third-order valence-corrected chi connectivity index (χ3v) is 6.40. The lowest BCUT2D eigenvalue weighted by Gasteiger charge is -2.17. The number of rotatable bonds is 5. The van der Waals surface area contributed by atoms with Crippen LogP contribution in [-0.4, -0.2) is 41.7 Å². The van der Waals surface area contributed by atoms with Crippen molar-refractivity contribution in [2.24, 2.45) is 0 Å². The van der Waals surface area contributed by atoms with E-state index >= 15 is 0 Å². The molecule has 0 saturated carbocycles. The Labute approximate surface area is 191 Å². The van der Waals surface area contributed by atoms with Gasteiger partial charge in [0.2, 0.25) is 0 Å². The monoisotopic (exact) mass is 468 g/mol. The van der Waals surface area contributed by atoms with Crippen LogP contribution in [0.2, 0.25) is 0 Å². The van der Waals surface area contributed by atoms with E-state index < -0.39 is 6.04 Å². The Morgan fingerprint density at radius 2 is 1.78 bits per heavy atom. The van der Waals surface area contributed by atoms with Crippen molar-refractivity contribution in [3.8, 4) is 0 Å². The number of carbonyl (C=O) groups excluding carboxylic acids is 2. The van der Waals surface area contributed by atoms with Crippen LogP contribution in [0, 0.1) is 0 Å². The predicted octanol–water partition coefficient (Wildman–Crippen LogP) is 3.37. The van der Waals surface area contributed by atoms with Gasteiger partial charge in [-0.2, -0.15) is 0 Å². The lowest BCUT2D eigenvalue weighted by Crippen LogP contribution is -2.27. The maximum Gasteiger partial charge on any atom is 0.272 e. The molecule has 0 aliphatic rings. The van der Waals surface area contributed by atoms with Crippen LogP contribution in [0.3, 0.4) is 0 Å². The van der Waals surface area contributed by atoms with E-state index in [9.17, 15) is 9.59 Å². The molecule has 0 aliphatic carbocycles. The van der Waals surface area contributed by atoms with Gasteiger partial charge in [-0.05, 0) is 6.92 Å². The summed E-state index contributed by atoms with van der Waals surface area (Å²) in [5.41, 5.74) is 2.94. The zero-order valence-corrected chi connectivity index (χ0v) is 19.4. The number of hydrogen-bond donors (Lipinski definition) is 2. The van der Waals surface area contributed by atoms with Crippen LogP contribution < -0.4 is 10.6 Å². The van der Waals surface area contributed by atoms with Gasteiger partial charge in [0.1, 0.15) is 38.7 Å². The number of anilines is 1. The standard InChI is InChI=1S/C20H20N8O2S2/c1-10(27-17(30)14-15-19(25-8-24-14)31-9-26-15)18-21-6-11(32-18)16(29)28-13-5-12(20(2,3)4)22-7-23-13/h5-10H,1-4H3,(H,27,30)(H,22,23,28,29). The fraction of sp³-hybridized carbons (Fsp3) is 0.300. The molecule has 0 aromatic carbocycles. The molecule has 4 aromatic rings. The second-order valence-electron chi connectivity index (χ2n) is 7.98. The Balaban J connectivity index is 1.44. The average molecular weight is 469 g/mol. The minimum atomic E-state index is -0.427. The van der Waals surface area contributed by atoms with Gasteiger partial charge in [-0.15, -0.1) is 22.7 Å². The first kappa shape index (κ1) is 21.8. The Morgan fingerprint density at radius 1 is 1.00 bits per heavy atom. The summed E-state index contributed by atoms with van der Waals surface area (Å²) in [7, 11) is 0. The molecule has 0 radical (unpaired) electrons. The van der Waals surface area contributed by atoms with Crippen LogP contribution in [0.15, 0.2) is 30.4 Å². The van der Waals surface area contributed by atoms with Crippen molar-refractivity contribution < 1.29 is 9.59 Å². The van der Waals surface area contributed by atoms with Crippen LogP contribution in [0.5, 0.6) is 0 Å². The Hall–Kier alpha value is -3.38. The van der Waals surface area contributed by atoms with Crippen molar-refractivity contribution in [1.82, 2.24) is 35.2 Å². The van der Waals surface area contributed by atoms with E-state index in [1.165, 1.54) is 41.5 Å². The maximum atomic E-state index is 12.7. The van der Waals surface area contributed by atoms with Gasteiger partial charge in [0.25, 0.3) is 11.8 Å². The van der Waals surface area contributed by atoms with Crippen molar-refractivity contribution in [3.05, 3.63) is 51.7 Å². The first-order valence-electron chi connectivity index (χ1n) is 9.67. The molecule has 10 nitrogen and oxygen atoms in total. The minimum absolute atomic E-state index is 0.165. The highest BCUT2D eigenvalue weighted by molar-refractivity contribution is 7.16. The normalized spacial score (nSPS) is 12.5. The third-order valence-electron chi connectivity index (χ3n) is 4.49. The Bertz CT molecular complexity index is 1290. The largest absolute Gasteiger partial charge is 0.342 e. The summed E-state index contributed by atoms with van der Waals surface area (Å²) in [6.45, 7) is 7.89. The molecule has 12 heteroatoms. The molecular weight excluding hydrogens is 448 g/mol. The number of fused-ring (bicyclic) bond motifs is 1. The summed E-state index contributed by atoms with van der Waals surface area (Å²) in [5.74, 6) is -0.291. The highest BCUT2D eigenvalue weighted by atomic mass is 32.1. The van der Waals surface area contributed by atoms with Crippen molar-refractivity contribution in [2.75, 3.05) is 5.32 Å². The summed E-state index contributed by atoms with van der Waals surface area (Å²) in [6, 6.07) is 1.33. The Morgan fingerprint density at radius 3 is 2.56 bits per heavy atom. The van der Waals surface area contributed by atoms with E-state index in [0.29, 0.717) is 26.0 Å². The molecule has 1 unspecified atom stereocenters. The highest BCUT2D eigenvalue weighted by Gasteiger charge is 2.21. The van der Waals surface area contributed by atoms with Gasteiger partial charge in [0.15, 0.2) is 5.69 Å². The van der Waals surface area contributed by atoms with Gasteiger partial charge in [-0.3, -0.25) is 9.59 Å². The highest BCUT2D eigenvalue weighted by Crippen LogP contribution is 2.24. The van der Waals surface area contributed by atoms with Crippen LogP contribution in [0.1, 0.15) is 64.6 Å². The quantitative estimate of drug-likeness (QED) is 0.455. The molecule has 0 fully saturated rings. The number of thiazole rings is 2. The number of amides is 2. The molecule has 1 atom stereocenters. The number of hydrogen-bond acceptors (Lipinski definition) is 10. The molecule has 0 bridgehead atoms. The lowest BCUT2D eigenvalue weighted by atomic mass is 9.92. The third kappa shape index (κ3) is 4.60. The van der Waals surface area contributed by atoms with Crippen LogP contribution in [0.4, 0.5) is 5.82 Å². The first-order chi connectivity index (χ1) is 15.2. The number of nitrogens with zero attached hydrogens (tertiary/aromatic N) is 6. The van der Waals surface area contributed by atoms with E-state index in [-0.39, 0.29) is 22.9 Å². The molecule has 4 rings (SSSR count). The van der Waals surface area contributed by atoms with E-state index in [1.54, 1.807) is 18.5 Å². The molecular formula is C20H20N8O2S2. The molecule has 2 amide bonds. The van der Waals surface area contributed by atoms with Gasteiger partial charge < -0.3 is 10.6 Å². The molecule has 0 spiro atoms. The van der Waals surface area contributed by atoms with Gasteiger partial charge in [0, 0.05) is 11.5 Å². The van der Waals surface area contributed by atoms with Gasteiger partial charge >= 0.3 is 0 Å². The van der Waals surface area contributed by atoms with Crippen LogP contribution in [0.25, 0.3) is 10.3 Å². The summed E-state index contributed by atoms with van der Waals surface area (Å²) in [4.78, 5) is 51.4. The molecule has 164 valence electrons. The summed E-state index contributed by atoms with van der Waals surface area (Å²) in [6.07, 6.45) is 4.25. The molecule has 4 heterocycles. The topological polar surface area (TPSA) is 136 Å². The first-order valence-corrected chi connectivity index (χ1v) is 11.4. The van der Waals surface area contributed by atoms with Gasteiger partial charge in [0.05, 0.1) is 23.4 Å². The lowest BCUT2D eigenvalue weighted by molar-refractivity contribution is 0.0935. The smallest absolute Gasteiger partial charge is 0.272 e. The fourth-order valence-electron chi connectivity index (χ4n) is 2.79. The van der Waals surface area contributed by atoms with E-state index in [1.807, 2.05) is 20.8 Å². The fourth-order valence-corrected chi connectivity index (χ4v) is 4.24. The van der Waals surface area contributed by atoms with Crippen molar-refractivity contribution >= 4 is 50.7 Å². The summed E-state index contributed by atoms with van der Waals surface area (Å²) >= 11 is 2.53. The zero-order chi connectivity index (χ0) is 22.9. The molecule has 0 saturated heterocycles. The molecule has 32 heavy (non-hydrogen) atoms. The van der Waals surface area contributed by atoms with Gasteiger partial charge in [-0.1, -0.05) is 20.8 Å². The maximum absolute atomic E-state index is 12.7. The zero-order valence-electron chi connectivity index (χ0n) is 17.8. The van der Waals surface area contributed by atoms with Gasteiger partial charge in [-0.25, -0.2) is 29.9 Å². The van der Waals surface area contributed by atoms with E-state index in [0.717, 1.165) is 5.69 Å². The van der Waals surface area contributed by atoms with E-state index in [4.69, 9.17) is 0 Å².